The van der Waals surface area contributed by atoms with E-state index in [0.717, 1.165) is 17.2 Å². The van der Waals surface area contributed by atoms with E-state index in [-0.39, 0.29) is 22.9 Å². The summed E-state index contributed by atoms with van der Waals surface area (Å²) < 4.78 is 5.51. The van der Waals surface area contributed by atoms with Gasteiger partial charge in [0.25, 0.3) is 11.6 Å². The summed E-state index contributed by atoms with van der Waals surface area (Å²) in [6, 6.07) is 12.5. The van der Waals surface area contributed by atoms with Crippen molar-refractivity contribution in [2.45, 2.75) is 13.5 Å². The fourth-order valence-corrected chi connectivity index (χ4v) is 2.78. The van der Waals surface area contributed by atoms with Crippen molar-refractivity contribution >= 4 is 28.9 Å². The number of aryl methyl sites for hydroxylation is 1. The predicted molar refractivity (Wildman–Crippen MR) is 101 cm³/mol. The SMILES string of the molecule is Cc1ccc(-c2ccc(CO)o2)cc1NC(=O)c1ccc([N+](=O)[O-])cc1Cl. The first-order chi connectivity index (χ1) is 12.9. The molecule has 0 unspecified atom stereocenters. The summed E-state index contributed by atoms with van der Waals surface area (Å²) in [6.07, 6.45) is 0. The van der Waals surface area contributed by atoms with Crippen LogP contribution >= 0.6 is 11.6 Å². The Labute approximate surface area is 159 Å². The Morgan fingerprint density at radius 3 is 2.63 bits per heavy atom. The van der Waals surface area contributed by atoms with Gasteiger partial charge in [0.15, 0.2) is 0 Å². The number of halogens is 1. The minimum atomic E-state index is -0.578. The number of hydrogen-bond donors (Lipinski definition) is 2. The van der Waals surface area contributed by atoms with Gasteiger partial charge >= 0.3 is 0 Å². The average Bonchev–Trinajstić information content (AvgIpc) is 3.12. The van der Waals surface area contributed by atoms with Gasteiger partial charge in [0.2, 0.25) is 0 Å². The maximum absolute atomic E-state index is 12.5. The van der Waals surface area contributed by atoms with Crippen LogP contribution in [0, 0.1) is 17.0 Å². The van der Waals surface area contributed by atoms with E-state index in [4.69, 9.17) is 21.1 Å². The Kier molecular flexibility index (Phi) is 5.25. The number of anilines is 1. The summed E-state index contributed by atoms with van der Waals surface area (Å²) in [6.45, 7) is 1.63. The van der Waals surface area contributed by atoms with Gasteiger partial charge in [0, 0.05) is 23.4 Å². The summed E-state index contributed by atoms with van der Waals surface area (Å²) >= 11 is 6.02. The monoisotopic (exact) mass is 386 g/mol. The molecule has 0 radical (unpaired) electrons. The molecule has 2 aromatic carbocycles. The third kappa shape index (κ3) is 3.99. The van der Waals surface area contributed by atoms with Gasteiger partial charge in [0.1, 0.15) is 18.1 Å². The van der Waals surface area contributed by atoms with Crippen molar-refractivity contribution < 1.29 is 19.2 Å². The molecule has 0 atom stereocenters. The van der Waals surface area contributed by atoms with E-state index in [1.165, 1.54) is 12.1 Å². The average molecular weight is 387 g/mol. The predicted octanol–water partition coefficient (Wildman–Crippen LogP) is 4.56. The zero-order valence-electron chi connectivity index (χ0n) is 14.2. The molecule has 1 aromatic heterocycles. The Hall–Kier alpha value is -3.16. The molecule has 0 aliphatic carbocycles. The number of nitrogens with one attached hydrogen (secondary N) is 1. The molecule has 138 valence electrons. The molecule has 0 bridgehead atoms. The van der Waals surface area contributed by atoms with Gasteiger partial charge in [-0.05, 0) is 36.8 Å². The van der Waals surface area contributed by atoms with Crippen LogP contribution in [0.15, 0.2) is 52.9 Å². The van der Waals surface area contributed by atoms with Crippen molar-refractivity contribution in [3.05, 3.63) is 80.6 Å². The number of aliphatic hydroxyl groups excluding tert-OH is 1. The van der Waals surface area contributed by atoms with Crippen molar-refractivity contribution in [2.75, 3.05) is 5.32 Å². The minimum Gasteiger partial charge on any atom is -0.459 e. The fourth-order valence-electron chi connectivity index (χ4n) is 2.52. The van der Waals surface area contributed by atoms with Crippen LogP contribution in [0.5, 0.6) is 0 Å². The highest BCUT2D eigenvalue weighted by Crippen LogP contribution is 2.28. The van der Waals surface area contributed by atoms with E-state index >= 15 is 0 Å². The number of nitrogens with zero attached hydrogens (tertiary/aromatic N) is 1. The Bertz CT molecular complexity index is 1030. The molecule has 1 amide bonds. The van der Waals surface area contributed by atoms with E-state index in [9.17, 15) is 14.9 Å². The second-order valence-corrected chi connectivity index (χ2v) is 6.24. The van der Waals surface area contributed by atoms with Crippen LogP contribution in [0.3, 0.4) is 0 Å². The second kappa shape index (κ2) is 7.61. The van der Waals surface area contributed by atoms with Crippen LogP contribution in [0.1, 0.15) is 21.7 Å². The van der Waals surface area contributed by atoms with Gasteiger partial charge in [-0.1, -0.05) is 23.7 Å². The Balaban J connectivity index is 1.87. The molecular formula is C19H15ClN2O5. The molecule has 0 aliphatic rings. The maximum Gasteiger partial charge on any atom is 0.270 e. The number of amides is 1. The zero-order chi connectivity index (χ0) is 19.6. The number of carbonyl (C=O) groups is 1. The van der Waals surface area contributed by atoms with E-state index in [0.29, 0.717) is 17.2 Å². The lowest BCUT2D eigenvalue weighted by Crippen LogP contribution is -2.13. The lowest BCUT2D eigenvalue weighted by atomic mass is 10.1. The number of nitro benzene ring substituents is 1. The molecule has 2 N–H and O–H groups in total. The summed E-state index contributed by atoms with van der Waals surface area (Å²) in [4.78, 5) is 22.8. The van der Waals surface area contributed by atoms with E-state index in [2.05, 4.69) is 5.32 Å². The molecule has 3 rings (SSSR count). The summed E-state index contributed by atoms with van der Waals surface area (Å²) in [5.41, 5.74) is 2.04. The molecular weight excluding hydrogens is 372 g/mol. The molecule has 0 saturated carbocycles. The van der Waals surface area contributed by atoms with Crippen molar-refractivity contribution in [3.63, 3.8) is 0 Å². The standard InChI is InChI=1S/C19H15ClN2O5/c1-11-2-3-12(18-7-5-14(10-23)27-18)8-17(11)21-19(24)15-6-4-13(22(25)26)9-16(15)20/h2-9,23H,10H2,1H3,(H,21,24). The number of furan rings is 1. The van der Waals surface area contributed by atoms with Gasteiger partial charge in [-0.3, -0.25) is 14.9 Å². The number of non-ortho nitro benzene ring substituents is 1. The molecule has 3 aromatic rings. The summed E-state index contributed by atoms with van der Waals surface area (Å²) in [7, 11) is 0. The number of rotatable bonds is 5. The lowest BCUT2D eigenvalue weighted by Gasteiger charge is -2.11. The first-order valence-corrected chi connectivity index (χ1v) is 8.32. The van der Waals surface area contributed by atoms with Gasteiger partial charge in [-0.2, -0.15) is 0 Å². The molecule has 1 heterocycles. The van der Waals surface area contributed by atoms with Gasteiger partial charge in [0.05, 0.1) is 15.5 Å². The van der Waals surface area contributed by atoms with Crippen LogP contribution in [-0.2, 0) is 6.61 Å². The number of carbonyl (C=O) groups excluding carboxylic acids is 1. The van der Waals surface area contributed by atoms with Crippen molar-refractivity contribution in [3.8, 4) is 11.3 Å². The summed E-state index contributed by atoms with van der Waals surface area (Å²) in [5, 5.41) is 22.7. The third-order valence-electron chi connectivity index (χ3n) is 4.00. The molecule has 7 nitrogen and oxygen atoms in total. The van der Waals surface area contributed by atoms with Crippen molar-refractivity contribution in [1.82, 2.24) is 0 Å². The van der Waals surface area contributed by atoms with Crippen molar-refractivity contribution in [1.29, 1.82) is 0 Å². The Morgan fingerprint density at radius 2 is 2.00 bits per heavy atom. The number of benzene rings is 2. The lowest BCUT2D eigenvalue weighted by molar-refractivity contribution is -0.384. The van der Waals surface area contributed by atoms with Crippen molar-refractivity contribution in [2.24, 2.45) is 0 Å². The zero-order valence-corrected chi connectivity index (χ0v) is 15.0. The summed E-state index contributed by atoms with van der Waals surface area (Å²) in [5.74, 6) is 0.516. The molecule has 0 fully saturated rings. The van der Waals surface area contributed by atoms with Gasteiger partial charge in [-0.25, -0.2) is 0 Å². The topological polar surface area (TPSA) is 106 Å². The second-order valence-electron chi connectivity index (χ2n) is 5.83. The smallest absolute Gasteiger partial charge is 0.270 e. The first-order valence-electron chi connectivity index (χ1n) is 7.95. The fraction of sp³-hybridized carbons (Fsp3) is 0.105. The minimum absolute atomic E-state index is 0.00544. The number of aliphatic hydroxyl groups is 1. The van der Waals surface area contributed by atoms with E-state index in [1.54, 1.807) is 18.2 Å². The van der Waals surface area contributed by atoms with Crippen LogP contribution < -0.4 is 5.32 Å². The van der Waals surface area contributed by atoms with E-state index < -0.39 is 10.8 Å². The van der Waals surface area contributed by atoms with Gasteiger partial charge in [-0.15, -0.1) is 0 Å². The molecule has 8 heteroatoms. The van der Waals surface area contributed by atoms with Gasteiger partial charge < -0.3 is 14.8 Å². The highest BCUT2D eigenvalue weighted by atomic mass is 35.5. The first kappa shape index (κ1) is 18.6. The molecule has 0 aliphatic heterocycles. The highest BCUT2D eigenvalue weighted by molar-refractivity contribution is 6.34. The molecule has 0 saturated heterocycles. The van der Waals surface area contributed by atoms with Crippen LogP contribution in [0.25, 0.3) is 11.3 Å². The van der Waals surface area contributed by atoms with Crippen LogP contribution in [0.4, 0.5) is 11.4 Å². The van der Waals surface area contributed by atoms with Crippen LogP contribution in [-0.4, -0.2) is 15.9 Å². The number of nitro groups is 1. The van der Waals surface area contributed by atoms with E-state index in [1.807, 2.05) is 19.1 Å². The van der Waals surface area contributed by atoms with Crippen LogP contribution in [0.2, 0.25) is 5.02 Å². The third-order valence-corrected chi connectivity index (χ3v) is 4.31. The Morgan fingerprint density at radius 1 is 1.22 bits per heavy atom. The molecule has 27 heavy (non-hydrogen) atoms. The largest absolute Gasteiger partial charge is 0.459 e. The normalized spacial score (nSPS) is 10.6. The maximum atomic E-state index is 12.5. The molecule has 0 spiro atoms. The highest BCUT2D eigenvalue weighted by Gasteiger charge is 2.16. The number of hydrogen-bond acceptors (Lipinski definition) is 5. The quantitative estimate of drug-likeness (QED) is 0.493.